The van der Waals surface area contributed by atoms with Crippen molar-refractivity contribution in [3.8, 4) is 5.75 Å². The van der Waals surface area contributed by atoms with Gasteiger partial charge in [0.1, 0.15) is 5.75 Å². The lowest BCUT2D eigenvalue weighted by Gasteiger charge is -2.31. The Morgan fingerprint density at radius 2 is 1.67 bits per heavy atom. The number of benzene rings is 1. The fourth-order valence-corrected chi connectivity index (χ4v) is 6.22. The van der Waals surface area contributed by atoms with Crippen LogP contribution in [0.3, 0.4) is 0 Å². The molecule has 2 aliphatic carbocycles. The Labute approximate surface area is 264 Å². The number of hydroxylamine groups is 2. The Morgan fingerprint density at radius 1 is 0.953 bits per heavy atom. The molecule has 3 aromatic rings. The van der Waals surface area contributed by atoms with Crippen LogP contribution in [0.1, 0.15) is 70.3 Å². The van der Waals surface area contributed by atoms with Crippen molar-refractivity contribution in [2.24, 2.45) is 5.73 Å². The minimum Gasteiger partial charge on any atom is -0.497 e. The zero-order valence-corrected chi connectivity index (χ0v) is 26.2. The summed E-state index contributed by atoms with van der Waals surface area (Å²) in [5, 5.41) is 11.7. The lowest BCUT2D eigenvalue weighted by atomic mass is 9.92. The van der Waals surface area contributed by atoms with E-state index in [0.29, 0.717) is 48.6 Å². The number of rotatable bonds is 8. The predicted molar refractivity (Wildman–Crippen MR) is 172 cm³/mol. The molecule has 236 valence electrons. The number of aromatic nitrogens is 4. The SMILES string of the molecule is COc1cccc(NC(=O)ON2CCC(Nc3nc(NC4CCC(N)CC4)nc4c3ncn4C3CCCC3)CC2)c1.Cl.Cl. The van der Waals surface area contributed by atoms with E-state index in [1.807, 2.05) is 18.5 Å². The number of piperidine rings is 1. The first-order valence-corrected chi connectivity index (χ1v) is 14.9. The van der Waals surface area contributed by atoms with E-state index in [4.69, 9.17) is 30.3 Å². The number of ether oxygens (including phenoxy) is 1. The number of halogens is 2. The van der Waals surface area contributed by atoms with Gasteiger partial charge < -0.3 is 30.5 Å². The van der Waals surface area contributed by atoms with E-state index in [0.717, 1.165) is 68.3 Å². The van der Waals surface area contributed by atoms with Crippen molar-refractivity contribution in [3.63, 3.8) is 0 Å². The summed E-state index contributed by atoms with van der Waals surface area (Å²) in [6, 6.07) is 8.41. The van der Waals surface area contributed by atoms with E-state index in [2.05, 4.69) is 20.5 Å². The van der Waals surface area contributed by atoms with Crippen LogP contribution in [0, 0.1) is 0 Å². The number of nitrogens with zero attached hydrogens (tertiary/aromatic N) is 5. The monoisotopic (exact) mass is 635 g/mol. The fraction of sp³-hybridized carbons (Fsp3) is 0.586. The predicted octanol–water partition coefficient (Wildman–Crippen LogP) is 5.52. The number of carbonyl (C=O) groups is 1. The highest BCUT2D eigenvalue weighted by molar-refractivity contribution is 5.86. The summed E-state index contributed by atoms with van der Waals surface area (Å²) in [4.78, 5) is 32.7. The molecule has 0 radical (unpaired) electrons. The topological polar surface area (TPSA) is 144 Å². The standard InChI is InChI=1S/C29H41N9O3.2ClH/c1-40-24-8-4-5-22(17-24)34-29(39)41-37-15-13-21(14-16-37)32-26-25-27(38(18-31-25)23-6-2-3-7-23)36-28(35-26)33-20-11-9-19(30)10-12-20;;/h4-5,8,17-21,23H,2-3,6-7,9-16,30H2,1H3,(H,34,39)(H2,32,33,35,36);2*1H. The Kier molecular flexibility index (Phi) is 11.5. The molecule has 3 heterocycles. The molecule has 0 unspecified atom stereocenters. The van der Waals surface area contributed by atoms with Crippen LogP contribution in [-0.4, -0.2) is 69.0 Å². The van der Waals surface area contributed by atoms with Crippen LogP contribution in [0.5, 0.6) is 5.75 Å². The van der Waals surface area contributed by atoms with Crippen molar-refractivity contribution in [2.75, 3.05) is 36.1 Å². The Hall–Kier alpha value is -3.06. The highest BCUT2D eigenvalue weighted by atomic mass is 35.5. The summed E-state index contributed by atoms with van der Waals surface area (Å²) in [7, 11) is 1.59. The first-order chi connectivity index (χ1) is 20.0. The van der Waals surface area contributed by atoms with Crippen LogP contribution in [0.4, 0.5) is 22.2 Å². The fourth-order valence-electron chi connectivity index (χ4n) is 6.22. The lowest BCUT2D eigenvalue weighted by Crippen LogP contribution is -2.41. The van der Waals surface area contributed by atoms with Gasteiger partial charge in [-0.1, -0.05) is 18.9 Å². The Bertz CT molecular complexity index is 1340. The smallest absolute Gasteiger partial charge is 0.430 e. The van der Waals surface area contributed by atoms with Gasteiger partial charge in [-0.15, -0.1) is 29.9 Å². The van der Waals surface area contributed by atoms with Crippen LogP contribution in [0.2, 0.25) is 0 Å². The minimum absolute atomic E-state index is 0. The molecule has 43 heavy (non-hydrogen) atoms. The van der Waals surface area contributed by atoms with E-state index in [1.165, 1.54) is 12.8 Å². The van der Waals surface area contributed by atoms with E-state index in [1.54, 1.807) is 24.3 Å². The summed E-state index contributed by atoms with van der Waals surface area (Å²) >= 11 is 0. The molecule has 0 atom stereocenters. The van der Waals surface area contributed by atoms with Crippen molar-refractivity contribution >= 4 is 59.5 Å². The molecule has 5 N–H and O–H groups in total. The third kappa shape index (κ3) is 8.11. The summed E-state index contributed by atoms with van der Waals surface area (Å²) in [5.41, 5.74) is 8.45. The van der Waals surface area contributed by atoms with Crippen LogP contribution >= 0.6 is 24.8 Å². The average Bonchev–Trinajstić information content (AvgIpc) is 3.66. The molecule has 6 rings (SSSR count). The molecule has 1 aliphatic heterocycles. The molecule has 3 aliphatic rings. The number of carbonyl (C=O) groups excluding carboxylic acids is 1. The second-order valence-corrected chi connectivity index (χ2v) is 11.5. The summed E-state index contributed by atoms with van der Waals surface area (Å²) in [6.07, 6.45) is 11.9. The molecule has 2 aromatic heterocycles. The Balaban J connectivity index is 0.00000212. The maximum Gasteiger partial charge on any atom is 0.430 e. The number of methoxy groups -OCH3 is 1. The van der Waals surface area contributed by atoms with Gasteiger partial charge in [0, 0.05) is 49.0 Å². The molecular formula is C29H43Cl2N9O3. The molecule has 1 amide bonds. The van der Waals surface area contributed by atoms with Gasteiger partial charge in [0.25, 0.3) is 0 Å². The number of fused-ring (bicyclic) bond motifs is 1. The zero-order chi connectivity index (χ0) is 28.2. The molecule has 12 nitrogen and oxygen atoms in total. The van der Waals surface area contributed by atoms with Crippen molar-refractivity contribution in [1.29, 1.82) is 0 Å². The van der Waals surface area contributed by atoms with Gasteiger partial charge in [0.2, 0.25) is 5.95 Å². The number of imidazole rings is 1. The zero-order valence-electron chi connectivity index (χ0n) is 24.5. The van der Waals surface area contributed by atoms with E-state index >= 15 is 0 Å². The molecule has 1 aromatic carbocycles. The van der Waals surface area contributed by atoms with E-state index in [-0.39, 0.29) is 30.9 Å². The largest absolute Gasteiger partial charge is 0.497 e. The molecule has 14 heteroatoms. The lowest BCUT2D eigenvalue weighted by molar-refractivity contribution is -0.106. The van der Waals surface area contributed by atoms with Gasteiger partial charge in [0.05, 0.1) is 13.4 Å². The van der Waals surface area contributed by atoms with Gasteiger partial charge in [-0.05, 0) is 63.5 Å². The molecule has 0 spiro atoms. The molecule has 0 bridgehead atoms. The van der Waals surface area contributed by atoms with Gasteiger partial charge in [-0.25, -0.2) is 9.78 Å². The highest BCUT2D eigenvalue weighted by Crippen LogP contribution is 2.34. The van der Waals surface area contributed by atoms with Gasteiger partial charge in [-0.3, -0.25) is 5.32 Å². The van der Waals surface area contributed by atoms with Gasteiger partial charge >= 0.3 is 6.09 Å². The second kappa shape index (κ2) is 15.1. The molecular weight excluding hydrogens is 593 g/mol. The van der Waals surface area contributed by atoms with Gasteiger partial charge in [0.15, 0.2) is 17.0 Å². The van der Waals surface area contributed by atoms with Crippen molar-refractivity contribution in [1.82, 2.24) is 24.6 Å². The third-order valence-electron chi connectivity index (χ3n) is 8.57. The number of anilines is 3. The van der Waals surface area contributed by atoms with E-state index in [9.17, 15) is 4.79 Å². The van der Waals surface area contributed by atoms with Crippen LogP contribution in [-0.2, 0) is 4.84 Å². The molecule has 1 saturated heterocycles. The normalized spacial score (nSPS) is 21.4. The highest BCUT2D eigenvalue weighted by Gasteiger charge is 2.27. The van der Waals surface area contributed by atoms with Crippen molar-refractivity contribution in [2.45, 2.75) is 88.4 Å². The van der Waals surface area contributed by atoms with Crippen LogP contribution in [0.25, 0.3) is 11.2 Å². The van der Waals surface area contributed by atoms with Crippen LogP contribution < -0.4 is 26.4 Å². The van der Waals surface area contributed by atoms with Gasteiger partial charge in [-0.2, -0.15) is 9.97 Å². The molecule has 2 saturated carbocycles. The quantitative estimate of drug-likeness (QED) is 0.250. The summed E-state index contributed by atoms with van der Waals surface area (Å²) in [5.74, 6) is 2.08. The summed E-state index contributed by atoms with van der Waals surface area (Å²) in [6.45, 7) is 1.22. The third-order valence-corrected chi connectivity index (χ3v) is 8.57. The number of hydrogen-bond donors (Lipinski definition) is 4. The first-order valence-electron chi connectivity index (χ1n) is 14.9. The maximum atomic E-state index is 12.5. The summed E-state index contributed by atoms with van der Waals surface area (Å²) < 4.78 is 7.46. The second-order valence-electron chi connectivity index (χ2n) is 11.5. The van der Waals surface area contributed by atoms with Crippen molar-refractivity contribution in [3.05, 3.63) is 30.6 Å². The molecule has 3 fully saturated rings. The maximum absolute atomic E-state index is 12.5. The number of nitrogens with one attached hydrogen (secondary N) is 3. The minimum atomic E-state index is -0.515. The van der Waals surface area contributed by atoms with Crippen molar-refractivity contribution < 1.29 is 14.4 Å². The van der Waals surface area contributed by atoms with Crippen LogP contribution in [0.15, 0.2) is 30.6 Å². The Morgan fingerprint density at radius 3 is 2.40 bits per heavy atom. The first kappa shape index (κ1) is 32.8. The number of amides is 1. The average molecular weight is 637 g/mol. The number of hydrogen-bond acceptors (Lipinski definition) is 10. The van der Waals surface area contributed by atoms with E-state index < -0.39 is 6.09 Å². The number of nitrogens with two attached hydrogens (primary N) is 1.